The van der Waals surface area contributed by atoms with Gasteiger partial charge in [0.1, 0.15) is 41.0 Å². The number of benzene rings is 2. The summed E-state index contributed by atoms with van der Waals surface area (Å²) >= 11 is 1.54. The Morgan fingerprint density at radius 3 is 2.31 bits per heavy atom. The van der Waals surface area contributed by atoms with Crippen molar-refractivity contribution in [2.45, 2.75) is 67.2 Å². The molecule has 1 fully saturated rings. The van der Waals surface area contributed by atoms with Crippen molar-refractivity contribution >= 4 is 29.7 Å². The molecule has 4 atom stereocenters. The summed E-state index contributed by atoms with van der Waals surface area (Å²) in [5.41, 5.74) is 4.03. The van der Waals surface area contributed by atoms with E-state index in [0.717, 1.165) is 38.1 Å². The van der Waals surface area contributed by atoms with E-state index < -0.39 is 0 Å². The molecule has 3 aliphatic heterocycles. The second kappa shape index (κ2) is 14.0. The Morgan fingerprint density at radius 1 is 0.938 bits per heavy atom. The minimum atomic E-state index is -0.370. The van der Waals surface area contributed by atoms with Gasteiger partial charge in [-0.15, -0.1) is 0 Å². The van der Waals surface area contributed by atoms with Crippen molar-refractivity contribution in [1.29, 1.82) is 0 Å². The van der Waals surface area contributed by atoms with E-state index >= 15 is 0 Å². The molecule has 1 saturated heterocycles. The third kappa shape index (κ3) is 6.15. The third-order valence-electron chi connectivity index (χ3n) is 9.23. The lowest BCUT2D eigenvalue weighted by Gasteiger charge is -2.39. The SMILES string of the molecule is COC1=N[C@H](C(C)C)C(OC)=N[C@@H]1Cc1c(Sc2c(OC)cc(OC)c3c2C[C@@H]2COC(=O)N2[C@@H]3Cc2ccc(OC)cc2)ncn1C. The van der Waals surface area contributed by atoms with Crippen LogP contribution in [-0.2, 0) is 40.5 Å². The molecule has 1 aromatic heterocycles. The second-order valence-electron chi connectivity index (χ2n) is 12.4. The number of ether oxygens (including phenoxy) is 6. The van der Waals surface area contributed by atoms with E-state index in [-0.39, 0.29) is 36.2 Å². The van der Waals surface area contributed by atoms with Gasteiger partial charge in [0.25, 0.3) is 0 Å². The van der Waals surface area contributed by atoms with Crippen molar-refractivity contribution in [2.75, 3.05) is 42.2 Å². The van der Waals surface area contributed by atoms with E-state index in [2.05, 4.69) is 13.8 Å². The van der Waals surface area contributed by atoms with Crippen LogP contribution in [0.4, 0.5) is 4.79 Å². The quantitative estimate of drug-likeness (QED) is 0.282. The van der Waals surface area contributed by atoms with Crippen LogP contribution in [0.25, 0.3) is 0 Å². The number of aryl methyl sites for hydroxylation is 1. The average molecular weight is 678 g/mol. The molecular weight excluding hydrogens is 634 g/mol. The highest BCUT2D eigenvalue weighted by Gasteiger charge is 2.46. The van der Waals surface area contributed by atoms with Crippen LogP contribution in [0.1, 0.15) is 42.3 Å². The number of cyclic esters (lactones) is 1. The first-order chi connectivity index (χ1) is 23.2. The van der Waals surface area contributed by atoms with Gasteiger partial charge in [0.2, 0.25) is 11.8 Å². The minimum Gasteiger partial charge on any atom is -0.497 e. The van der Waals surface area contributed by atoms with Crippen molar-refractivity contribution in [3.63, 3.8) is 0 Å². The molecular formula is C35H43N5O7S. The number of aromatic nitrogens is 2. The maximum absolute atomic E-state index is 13.2. The Kier molecular flexibility index (Phi) is 9.77. The van der Waals surface area contributed by atoms with Crippen LogP contribution in [0.3, 0.4) is 0 Å². The molecule has 3 aromatic rings. The topological polar surface area (TPSA) is 118 Å². The van der Waals surface area contributed by atoms with Crippen molar-refractivity contribution in [2.24, 2.45) is 23.0 Å². The average Bonchev–Trinajstić information content (AvgIpc) is 3.65. The molecule has 0 spiro atoms. The minimum absolute atomic E-state index is 0.133. The Labute approximate surface area is 285 Å². The summed E-state index contributed by atoms with van der Waals surface area (Å²) in [6.07, 6.45) is 3.15. The maximum atomic E-state index is 13.2. The van der Waals surface area contributed by atoms with Crippen LogP contribution in [0.5, 0.6) is 17.2 Å². The van der Waals surface area contributed by atoms with Crippen LogP contribution in [0, 0.1) is 5.92 Å². The number of hydrogen-bond donors (Lipinski definition) is 0. The van der Waals surface area contributed by atoms with Gasteiger partial charge >= 0.3 is 6.09 Å². The molecule has 256 valence electrons. The zero-order chi connectivity index (χ0) is 34.1. The number of fused-ring (bicyclic) bond motifs is 2. The van der Waals surface area contributed by atoms with Crippen LogP contribution in [0.15, 0.2) is 56.6 Å². The van der Waals surface area contributed by atoms with Gasteiger partial charge in [0.05, 0.1) is 64.5 Å². The van der Waals surface area contributed by atoms with Crippen molar-refractivity contribution in [3.05, 3.63) is 59.0 Å². The Morgan fingerprint density at radius 2 is 1.67 bits per heavy atom. The number of amides is 1. The number of aliphatic imine (C=N–C) groups is 2. The molecule has 0 N–H and O–H groups in total. The van der Waals surface area contributed by atoms with Gasteiger partial charge in [-0.1, -0.05) is 37.7 Å². The van der Waals surface area contributed by atoms with Crippen LogP contribution >= 0.6 is 11.8 Å². The van der Waals surface area contributed by atoms with Gasteiger partial charge in [0, 0.05) is 25.1 Å². The summed E-state index contributed by atoms with van der Waals surface area (Å²) in [6, 6.07) is 8.81. The number of imidazole rings is 1. The summed E-state index contributed by atoms with van der Waals surface area (Å²) in [5.74, 6) is 3.47. The molecule has 0 aliphatic carbocycles. The van der Waals surface area contributed by atoms with Crippen LogP contribution < -0.4 is 14.2 Å². The molecule has 12 nitrogen and oxygen atoms in total. The number of rotatable bonds is 10. The van der Waals surface area contributed by atoms with E-state index in [1.165, 1.54) is 0 Å². The number of carbonyl (C=O) groups excluding carboxylic acids is 1. The fourth-order valence-electron chi connectivity index (χ4n) is 6.78. The predicted octanol–water partition coefficient (Wildman–Crippen LogP) is 5.30. The van der Waals surface area contributed by atoms with E-state index in [4.69, 9.17) is 43.4 Å². The molecule has 48 heavy (non-hydrogen) atoms. The van der Waals surface area contributed by atoms with E-state index in [1.54, 1.807) is 47.3 Å². The summed E-state index contributed by atoms with van der Waals surface area (Å²) in [7, 11) is 10.2. The Hall–Kier alpha value is -4.39. The highest BCUT2D eigenvalue weighted by Crippen LogP contribution is 2.51. The first-order valence-electron chi connectivity index (χ1n) is 16.0. The van der Waals surface area contributed by atoms with Gasteiger partial charge in [0.15, 0.2) is 0 Å². The van der Waals surface area contributed by atoms with Crippen LogP contribution in [-0.4, -0.2) is 92.6 Å². The Balaban J connectivity index is 1.41. The van der Waals surface area contributed by atoms with Crippen molar-refractivity contribution in [1.82, 2.24) is 14.5 Å². The lowest BCUT2D eigenvalue weighted by atomic mass is 9.85. The molecule has 0 saturated carbocycles. The highest BCUT2D eigenvalue weighted by atomic mass is 32.2. The molecule has 6 rings (SSSR count). The summed E-state index contributed by atoms with van der Waals surface area (Å²) in [5, 5.41) is 0.812. The van der Waals surface area contributed by atoms with E-state index in [0.29, 0.717) is 49.2 Å². The fraction of sp³-hybridized carbons (Fsp3) is 0.486. The van der Waals surface area contributed by atoms with Gasteiger partial charge in [-0.25, -0.2) is 19.8 Å². The lowest BCUT2D eigenvalue weighted by molar-refractivity contribution is 0.139. The number of methoxy groups -OCH3 is 5. The second-order valence-corrected chi connectivity index (χ2v) is 13.4. The number of hydrogen-bond acceptors (Lipinski definition) is 11. The molecule has 4 heterocycles. The molecule has 2 aromatic carbocycles. The van der Waals surface area contributed by atoms with Gasteiger partial charge < -0.3 is 33.0 Å². The molecule has 0 unspecified atom stereocenters. The molecule has 0 bridgehead atoms. The molecule has 13 heteroatoms. The smallest absolute Gasteiger partial charge is 0.410 e. The zero-order valence-corrected chi connectivity index (χ0v) is 29.5. The highest BCUT2D eigenvalue weighted by molar-refractivity contribution is 7.99. The van der Waals surface area contributed by atoms with E-state index in [1.807, 2.05) is 53.2 Å². The standard InChI is InChI=1S/C35H43N5O7S/c1-19(2)30-33(46-8)37-24(32(38-30)45-7)15-26-34(36-18-39(26)3)48-31-23-14-21-17-47-35(41)40(21)25(13-20-9-11-22(42-4)12-10-20)29(23)27(43-5)16-28(31)44-6/h9-12,16,18-19,21,24-25,30H,13-15,17H2,1-8H3/t21-,24-,25-,30-/m1/s1. The molecule has 0 radical (unpaired) electrons. The fourth-order valence-corrected chi connectivity index (χ4v) is 7.97. The van der Waals surface area contributed by atoms with Gasteiger partial charge in [-0.3, -0.25) is 4.90 Å². The van der Waals surface area contributed by atoms with Crippen LogP contribution in [0.2, 0.25) is 0 Å². The first-order valence-corrected chi connectivity index (χ1v) is 16.8. The largest absolute Gasteiger partial charge is 0.497 e. The maximum Gasteiger partial charge on any atom is 0.410 e. The predicted molar refractivity (Wildman–Crippen MR) is 182 cm³/mol. The third-order valence-corrected chi connectivity index (χ3v) is 10.4. The number of nitrogens with zero attached hydrogens (tertiary/aromatic N) is 5. The molecule has 3 aliphatic rings. The zero-order valence-electron chi connectivity index (χ0n) is 28.7. The van der Waals surface area contributed by atoms with Crippen molar-refractivity contribution < 1.29 is 33.2 Å². The Bertz CT molecular complexity index is 1720. The molecule has 1 amide bonds. The van der Waals surface area contributed by atoms with E-state index in [9.17, 15) is 4.79 Å². The lowest BCUT2D eigenvalue weighted by Crippen LogP contribution is -2.43. The summed E-state index contributed by atoms with van der Waals surface area (Å²) < 4.78 is 36.4. The van der Waals surface area contributed by atoms with Gasteiger partial charge in [-0.05, 0) is 42.0 Å². The van der Waals surface area contributed by atoms with Gasteiger partial charge in [-0.2, -0.15) is 0 Å². The summed E-state index contributed by atoms with van der Waals surface area (Å²) in [6.45, 7) is 4.49. The normalized spacial score (nSPS) is 21.6. The van der Waals surface area contributed by atoms with Crippen molar-refractivity contribution in [3.8, 4) is 17.2 Å². The monoisotopic (exact) mass is 677 g/mol. The first kappa shape index (κ1) is 33.5. The number of carbonyl (C=O) groups is 1. The summed E-state index contributed by atoms with van der Waals surface area (Å²) in [4.78, 5) is 30.6.